The standard InChI is InChI=1S/C18H23ClN4O/c1-12(9-13-5-4-6-14(19)10-13)21-15-11-17(24)22(2)18(15)16-7-8-20-23(16)3/h4-8,10,12,15,18,21H,9,11H2,1-3H3/t12?,15-,18-/m1/s1. The fourth-order valence-electron chi connectivity index (χ4n) is 3.54. The molecule has 1 fully saturated rings. The number of carbonyl (C=O) groups is 1. The minimum atomic E-state index is 0.00631. The Balaban J connectivity index is 1.72. The fraction of sp³-hybridized carbons (Fsp3) is 0.444. The predicted octanol–water partition coefficient (Wildman–Crippen LogP) is 2.57. The molecule has 0 spiro atoms. The number of nitrogens with zero attached hydrogens (tertiary/aromatic N) is 3. The first kappa shape index (κ1) is 17.0. The topological polar surface area (TPSA) is 50.2 Å². The van der Waals surface area contributed by atoms with Crippen LogP contribution >= 0.6 is 11.6 Å². The Morgan fingerprint density at radius 3 is 2.83 bits per heavy atom. The van der Waals surface area contributed by atoms with Gasteiger partial charge in [-0.05, 0) is 37.1 Å². The normalized spacial score (nSPS) is 22.2. The van der Waals surface area contributed by atoms with Gasteiger partial charge in [0.15, 0.2) is 0 Å². The maximum Gasteiger partial charge on any atom is 0.224 e. The van der Waals surface area contributed by atoms with Gasteiger partial charge in [0.05, 0.1) is 11.7 Å². The molecule has 0 bridgehead atoms. The lowest BCUT2D eigenvalue weighted by Crippen LogP contribution is -2.41. The van der Waals surface area contributed by atoms with E-state index >= 15 is 0 Å². The molecule has 3 rings (SSSR count). The van der Waals surface area contributed by atoms with Gasteiger partial charge in [-0.2, -0.15) is 5.10 Å². The number of likely N-dealkylation sites (N-methyl/N-ethyl adjacent to an activating group) is 1. The van der Waals surface area contributed by atoms with Crippen molar-refractivity contribution in [1.29, 1.82) is 0 Å². The van der Waals surface area contributed by atoms with Crippen LogP contribution in [0.5, 0.6) is 0 Å². The third-order valence-electron chi connectivity index (χ3n) is 4.68. The molecule has 0 saturated carbocycles. The molecule has 1 aromatic heterocycles. The monoisotopic (exact) mass is 346 g/mol. The van der Waals surface area contributed by atoms with Gasteiger partial charge < -0.3 is 10.2 Å². The lowest BCUT2D eigenvalue weighted by molar-refractivity contribution is -0.127. The molecule has 1 aliphatic heterocycles. The highest BCUT2D eigenvalue weighted by Gasteiger charge is 2.40. The predicted molar refractivity (Wildman–Crippen MR) is 94.9 cm³/mol. The molecule has 1 N–H and O–H groups in total. The van der Waals surface area contributed by atoms with Crippen LogP contribution in [0.4, 0.5) is 0 Å². The SMILES string of the molecule is CC(Cc1cccc(Cl)c1)N[C@@H]1CC(=O)N(C)[C@H]1c1ccnn1C. The highest BCUT2D eigenvalue weighted by Crippen LogP contribution is 2.31. The zero-order valence-corrected chi connectivity index (χ0v) is 15.0. The van der Waals surface area contributed by atoms with E-state index in [2.05, 4.69) is 23.4 Å². The molecule has 6 heteroatoms. The zero-order valence-electron chi connectivity index (χ0n) is 14.2. The number of hydrogen-bond donors (Lipinski definition) is 1. The van der Waals surface area contributed by atoms with E-state index in [-0.39, 0.29) is 24.0 Å². The average molecular weight is 347 g/mol. The number of rotatable bonds is 5. The van der Waals surface area contributed by atoms with Crippen molar-refractivity contribution in [2.75, 3.05) is 7.05 Å². The Bertz CT molecular complexity index is 729. The van der Waals surface area contributed by atoms with Crippen molar-refractivity contribution < 1.29 is 4.79 Å². The van der Waals surface area contributed by atoms with E-state index in [0.717, 1.165) is 17.1 Å². The second-order valence-electron chi connectivity index (χ2n) is 6.54. The summed E-state index contributed by atoms with van der Waals surface area (Å²) in [5.41, 5.74) is 2.24. The maximum absolute atomic E-state index is 12.2. The van der Waals surface area contributed by atoms with Crippen molar-refractivity contribution in [2.45, 2.75) is 37.9 Å². The van der Waals surface area contributed by atoms with Crippen LogP contribution in [-0.2, 0) is 18.3 Å². The van der Waals surface area contributed by atoms with Crippen LogP contribution in [0.1, 0.15) is 30.6 Å². The molecule has 128 valence electrons. The van der Waals surface area contributed by atoms with Crippen molar-refractivity contribution in [3.63, 3.8) is 0 Å². The van der Waals surface area contributed by atoms with Gasteiger partial charge in [0.1, 0.15) is 0 Å². The van der Waals surface area contributed by atoms with Gasteiger partial charge in [0.2, 0.25) is 5.91 Å². The minimum absolute atomic E-state index is 0.00631. The second kappa shape index (κ2) is 6.95. The van der Waals surface area contributed by atoms with Gasteiger partial charge in [-0.15, -0.1) is 0 Å². The molecular formula is C18H23ClN4O. The van der Waals surface area contributed by atoms with Crippen LogP contribution in [0.15, 0.2) is 36.5 Å². The lowest BCUT2D eigenvalue weighted by atomic mass is 10.0. The van der Waals surface area contributed by atoms with Crippen LogP contribution in [-0.4, -0.2) is 39.7 Å². The van der Waals surface area contributed by atoms with Crippen molar-refractivity contribution in [2.24, 2.45) is 7.05 Å². The third-order valence-corrected chi connectivity index (χ3v) is 4.91. The first-order valence-corrected chi connectivity index (χ1v) is 8.57. The number of aromatic nitrogens is 2. The number of halogens is 1. The number of carbonyl (C=O) groups excluding carboxylic acids is 1. The molecular weight excluding hydrogens is 324 g/mol. The van der Waals surface area contributed by atoms with Crippen LogP contribution in [0.25, 0.3) is 0 Å². The molecule has 5 nitrogen and oxygen atoms in total. The summed E-state index contributed by atoms with van der Waals surface area (Å²) in [4.78, 5) is 14.0. The van der Waals surface area contributed by atoms with E-state index in [1.807, 2.05) is 47.9 Å². The zero-order chi connectivity index (χ0) is 17.3. The minimum Gasteiger partial charge on any atom is -0.336 e. The number of likely N-dealkylation sites (tertiary alicyclic amines) is 1. The van der Waals surface area contributed by atoms with Crippen LogP contribution in [0.2, 0.25) is 5.02 Å². The van der Waals surface area contributed by atoms with Crippen LogP contribution in [0.3, 0.4) is 0 Å². The largest absolute Gasteiger partial charge is 0.336 e. The van der Waals surface area contributed by atoms with Crippen molar-refractivity contribution in [1.82, 2.24) is 20.0 Å². The number of hydrogen-bond acceptors (Lipinski definition) is 3. The van der Waals surface area contributed by atoms with E-state index in [0.29, 0.717) is 6.42 Å². The molecule has 1 unspecified atom stereocenters. The van der Waals surface area contributed by atoms with E-state index in [1.54, 1.807) is 6.20 Å². The second-order valence-corrected chi connectivity index (χ2v) is 6.98. The van der Waals surface area contributed by atoms with Gasteiger partial charge in [0.25, 0.3) is 0 Å². The molecule has 2 heterocycles. The summed E-state index contributed by atoms with van der Waals surface area (Å²) < 4.78 is 1.84. The summed E-state index contributed by atoms with van der Waals surface area (Å²) in [5, 5.41) is 8.63. The molecule has 1 aliphatic rings. The van der Waals surface area contributed by atoms with Gasteiger partial charge in [-0.1, -0.05) is 23.7 Å². The van der Waals surface area contributed by atoms with Crippen molar-refractivity contribution in [3.05, 3.63) is 52.8 Å². The van der Waals surface area contributed by atoms with Gasteiger partial charge in [-0.25, -0.2) is 0 Å². The van der Waals surface area contributed by atoms with Crippen LogP contribution in [0, 0.1) is 0 Å². The molecule has 1 aromatic carbocycles. The molecule has 0 aliphatic carbocycles. The Morgan fingerprint density at radius 2 is 2.17 bits per heavy atom. The first-order valence-electron chi connectivity index (χ1n) is 8.19. The number of aryl methyl sites for hydroxylation is 1. The van der Waals surface area contributed by atoms with Crippen molar-refractivity contribution >= 4 is 17.5 Å². The molecule has 24 heavy (non-hydrogen) atoms. The van der Waals surface area contributed by atoms with Gasteiger partial charge in [0, 0.05) is 43.8 Å². The number of nitrogens with one attached hydrogen (secondary N) is 1. The van der Waals surface area contributed by atoms with Crippen molar-refractivity contribution in [3.8, 4) is 0 Å². The molecule has 3 atom stereocenters. The Morgan fingerprint density at radius 1 is 1.38 bits per heavy atom. The van der Waals surface area contributed by atoms with Gasteiger partial charge in [-0.3, -0.25) is 9.48 Å². The highest BCUT2D eigenvalue weighted by molar-refractivity contribution is 6.30. The molecule has 1 amide bonds. The Kier molecular flexibility index (Phi) is 4.92. The smallest absolute Gasteiger partial charge is 0.224 e. The van der Waals surface area contributed by atoms with Gasteiger partial charge >= 0.3 is 0 Å². The fourth-order valence-corrected chi connectivity index (χ4v) is 3.75. The summed E-state index contributed by atoms with van der Waals surface area (Å²) in [7, 11) is 3.78. The molecule has 1 saturated heterocycles. The van der Waals surface area contributed by atoms with E-state index in [9.17, 15) is 4.79 Å². The lowest BCUT2D eigenvalue weighted by Gasteiger charge is -2.28. The number of benzene rings is 1. The van der Waals surface area contributed by atoms with E-state index < -0.39 is 0 Å². The third kappa shape index (κ3) is 3.47. The quantitative estimate of drug-likeness (QED) is 0.905. The summed E-state index contributed by atoms with van der Waals surface area (Å²) >= 11 is 6.06. The molecule has 2 aromatic rings. The summed E-state index contributed by atoms with van der Waals surface area (Å²) in [6, 6.07) is 10.2. The maximum atomic E-state index is 12.2. The average Bonchev–Trinajstić information content (AvgIpc) is 3.03. The van der Waals surface area contributed by atoms with Crippen LogP contribution < -0.4 is 5.32 Å². The number of amides is 1. The summed E-state index contributed by atoms with van der Waals surface area (Å²) in [6.45, 7) is 2.14. The summed E-state index contributed by atoms with van der Waals surface area (Å²) in [6.07, 6.45) is 3.15. The first-order chi connectivity index (χ1) is 11.5. The molecule has 0 radical (unpaired) electrons. The Hall–Kier alpha value is -1.85. The highest BCUT2D eigenvalue weighted by atomic mass is 35.5. The van der Waals surface area contributed by atoms with E-state index in [4.69, 9.17) is 11.6 Å². The summed E-state index contributed by atoms with van der Waals surface area (Å²) in [5.74, 6) is 0.161. The Labute approximate surface area is 147 Å². The van der Waals surface area contributed by atoms with E-state index in [1.165, 1.54) is 5.56 Å².